The van der Waals surface area contributed by atoms with Gasteiger partial charge in [0.05, 0.1) is 23.9 Å². The summed E-state index contributed by atoms with van der Waals surface area (Å²) in [5.41, 5.74) is 0.654. The number of anilines is 1. The maximum atomic E-state index is 14.3. The van der Waals surface area contributed by atoms with Crippen LogP contribution in [0.5, 0.6) is 0 Å². The van der Waals surface area contributed by atoms with Crippen molar-refractivity contribution in [2.75, 3.05) is 25.0 Å². The van der Waals surface area contributed by atoms with Crippen LogP contribution in [0, 0.1) is 6.92 Å². The van der Waals surface area contributed by atoms with Crippen molar-refractivity contribution in [1.82, 2.24) is 14.7 Å². The molecule has 2 atom stereocenters. The van der Waals surface area contributed by atoms with Gasteiger partial charge in [-0.25, -0.2) is 4.68 Å². The molecule has 0 bridgehead atoms. The SMILES string of the molecule is CCCN(CC(O)(CNc1cccc2c1cnn2-c1ccccc1)C(F)(F)F)C(O)Cc1ccccc1C. The Bertz CT molecular complexity index is 1340. The van der Waals surface area contributed by atoms with Crippen LogP contribution in [-0.4, -0.2) is 62.5 Å². The number of aryl methyl sites for hydroxylation is 1. The fourth-order valence-corrected chi connectivity index (χ4v) is 4.59. The maximum Gasteiger partial charge on any atom is 0.420 e. The molecule has 1 heterocycles. The van der Waals surface area contributed by atoms with E-state index < -0.39 is 31.1 Å². The highest BCUT2D eigenvalue weighted by Gasteiger charge is 2.54. The van der Waals surface area contributed by atoms with Crippen LogP contribution in [-0.2, 0) is 6.42 Å². The number of aliphatic hydroxyl groups is 2. The van der Waals surface area contributed by atoms with E-state index in [4.69, 9.17) is 0 Å². The highest BCUT2D eigenvalue weighted by molar-refractivity contribution is 5.92. The standard InChI is InChI=1S/C29H33F3N4O2/c1-3-16-35(27(37)17-22-11-8-7-10-21(22)2)20-28(38,29(30,31)32)19-33-25-14-9-15-26-24(25)18-34-36(26)23-12-5-4-6-13-23/h4-15,18,27,33,37-38H,3,16-17,19-20H2,1-2H3. The molecule has 6 nitrogen and oxygen atoms in total. The molecule has 1 aromatic heterocycles. The number of alkyl halides is 3. The molecule has 0 amide bonds. The van der Waals surface area contributed by atoms with Gasteiger partial charge in [0.2, 0.25) is 0 Å². The second-order valence-corrected chi connectivity index (χ2v) is 9.59. The maximum absolute atomic E-state index is 14.3. The van der Waals surface area contributed by atoms with Crippen LogP contribution in [0.2, 0.25) is 0 Å². The van der Waals surface area contributed by atoms with E-state index in [0.717, 1.165) is 22.3 Å². The number of rotatable bonds is 11. The van der Waals surface area contributed by atoms with Crippen molar-refractivity contribution in [3.05, 3.63) is 90.1 Å². The smallest absolute Gasteiger partial charge is 0.381 e. The van der Waals surface area contributed by atoms with Gasteiger partial charge in [0.15, 0.2) is 5.60 Å². The summed E-state index contributed by atoms with van der Waals surface area (Å²) in [5.74, 6) is 0. The van der Waals surface area contributed by atoms with Crippen LogP contribution in [0.25, 0.3) is 16.6 Å². The van der Waals surface area contributed by atoms with E-state index >= 15 is 0 Å². The lowest BCUT2D eigenvalue weighted by molar-refractivity contribution is -0.263. The molecule has 0 aliphatic rings. The van der Waals surface area contributed by atoms with Crippen LogP contribution in [0.15, 0.2) is 79.0 Å². The molecule has 0 radical (unpaired) electrons. The Hall–Kier alpha value is -3.40. The second kappa shape index (κ2) is 11.6. The Kier molecular flexibility index (Phi) is 8.40. The molecular formula is C29H33F3N4O2. The first-order valence-electron chi connectivity index (χ1n) is 12.6. The Morgan fingerprint density at radius 1 is 1.00 bits per heavy atom. The second-order valence-electron chi connectivity index (χ2n) is 9.59. The van der Waals surface area contributed by atoms with Crippen LogP contribution in [0.3, 0.4) is 0 Å². The Balaban J connectivity index is 1.56. The first kappa shape index (κ1) is 27.6. The van der Waals surface area contributed by atoms with Gasteiger partial charge in [0, 0.05) is 30.6 Å². The molecular weight excluding hydrogens is 493 g/mol. The Morgan fingerprint density at radius 3 is 2.39 bits per heavy atom. The molecule has 0 spiro atoms. The summed E-state index contributed by atoms with van der Waals surface area (Å²) in [6, 6.07) is 22.1. The van der Waals surface area contributed by atoms with E-state index in [1.165, 1.54) is 4.90 Å². The number of nitrogens with one attached hydrogen (secondary N) is 1. The van der Waals surface area contributed by atoms with Gasteiger partial charge in [-0.05, 0) is 48.7 Å². The lowest BCUT2D eigenvalue weighted by Crippen LogP contribution is -2.59. The van der Waals surface area contributed by atoms with Crippen molar-refractivity contribution in [1.29, 1.82) is 0 Å². The number of hydrogen-bond donors (Lipinski definition) is 3. The molecule has 0 saturated heterocycles. The van der Waals surface area contributed by atoms with Crippen LogP contribution < -0.4 is 5.32 Å². The zero-order chi connectivity index (χ0) is 27.3. The van der Waals surface area contributed by atoms with Gasteiger partial charge in [0.25, 0.3) is 0 Å². The van der Waals surface area contributed by atoms with Gasteiger partial charge < -0.3 is 15.5 Å². The fraction of sp³-hybridized carbons (Fsp3) is 0.345. The number of nitrogens with zero attached hydrogens (tertiary/aromatic N) is 3. The predicted molar refractivity (Wildman–Crippen MR) is 143 cm³/mol. The van der Waals surface area contributed by atoms with Crippen LogP contribution in [0.1, 0.15) is 24.5 Å². The molecule has 3 aromatic carbocycles. The first-order chi connectivity index (χ1) is 18.1. The average Bonchev–Trinajstić information content (AvgIpc) is 3.33. The predicted octanol–water partition coefficient (Wildman–Crippen LogP) is 5.31. The van der Waals surface area contributed by atoms with Gasteiger partial charge in [-0.2, -0.15) is 18.3 Å². The minimum absolute atomic E-state index is 0.159. The number of para-hydroxylation sites is 1. The molecule has 9 heteroatoms. The highest BCUT2D eigenvalue weighted by Crippen LogP contribution is 2.34. The zero-order valence-corrected chi connectivity index (χ0v) is 21.5. The van der Waals surface area contributed by atoms with Crippen molar-refractivity contribution in [2.45, 2.75) is 44.7 Å². The third kappa shape index (κ3) is 6.01. The minimum atomic E-state index is -4.93. The Morgan fingerprint density at radius 2 is 1.71 bits per heavy atom. The van der Waals surface area contributed by atoms with Crippen LogP contribution in [0.4, 0.5) is 18.9 Å². The quantitative estimate of drug-likeness (QED) is 0.231. The van der Waals surface area contributed by atoms with E-state index in [-0.39, 0.29) is 13.0 Å². The number of aliphatic hydroxyl groups excluding tert-OH is 1. The molecule has 3 N–H and O–H groups in total. The third-order valence-corrected chi connectivity index (χ3v) is 6.77. The normalized spacial score (nSPS) is 14.5. The highest BCUT2D eigenvalue weighted by atomic mass is 19.4. The number of fused-ring (bicyclic) bond motifs is 1. The average molecular weight is 527 g/mol. The number of benzene rings is 3. The summed E-state index contributed by atoms with van der Waals surface area (Å²) in [6.07, 6.45) is -3.85. The number of hydrogen-bond acceptors (Lipinski definition) is 5. The molecule has 4 aromatic rings. The Labute approximate surface area is 220 Å². The largest absolute Gasteiger partial charge is 0.420 e. The molecule has 0 saturated carbocycles. The molecule has 2 unspecified atom stereocenters. The number of halogens is 3. The van der Waals surface area contributed by atoms with E-state index in [9.17, 15) is 23.4 Å². The van der Waals surface area contributed by atoms with Gasteiger partial charge >= 0.3 is 6.18 Å². The molecule has 202 valence electrons. The molecule has 0 aliphatic heterocycles. The van der Waals surface area contributed by atoms with Gasteiger partial charge in [0.1, 0.15) is 6.23 Å². The van der Waals surface area contributed by atoms with Gasteiger partial charge in [-0.15, -0.1) is 0 Å². The lowest BCUT2D eigenvalue weighted by Gasteiger charge is -2.38. The summed E-state index contributed by atoms with van der Waals surface area (Å²) in [5, 5.41) is 29.7. The summed E-state index contributed by atoms with van der Waals surface area (Å²) in [7, 11) is 0. The van der Waals surface area contributed by atoms with Crippen LogP contribution >= 0.6 is 0 Å². The van der Waals surface area contributed by atoms with Crippen molar-refractivity contribution in [3.8, 4) is 5.69 Å². The minimum Gasteiger partial charge on any atom is -0.381 e. The fourth-order valence-electron chi connectivity index (χ4n) is 4.59. The molecule has 0 aliphatic carbocycles. The topological polar surface area (TPSA) is 73.5 Å². The molecule has 0 fully saturated rings. The van der Waals surface area contributed by atoms with Crippen molar-refractivity contribution >= 4 is 16.6 Å². The van der Waals surface area contributed by atoms with Gasteiger partial charge in [-0.3, -0.25) is 4.90 Å². The van der Waals surface area contributed by atoms with E-state index in [0.29, 0.717) is 17.5 Å². The van der Waals surface area contributed by atoms with Gasteiger partial charge in [-0.1, -0.05) is 55.5 Å². The van der Waals surface area contributed by atoms with E-state index in [2.05, 4.69) is 10.4 Å². The van der Waals surface area contributed by atoms with E-state index in [1.54, 1.807) is 23.0 Å². The van der Waals surface area contributed by atoms with Crippen molar-refractivity contribution in [2.24, 2.45) is 0 Å². The summed E-state index contributed by atoms with van der Waals surface area (Å²) >= 11 is 0. The lowest BCUT2D eigenvalue weighted by atomic mass is 10.00. The van der Waals surface area contributed by atoms with Crippen molar-refractivity contribution < 1.29 is 23.4 Å². The summed E-state index contributed by atoms with van der Waals surface area (Å²) < 4.78 is 44.6. The molecule has 4 rings (SSSR count). The third-order valence-electron chi connectivity index (χ3n) is 6.77. The monoisotopic (exact) mass is 526 g/mol. The first-order valence-corrected chi connectivity index (χ1v) is 12.6. The summed E-state index contributed by atoms with van der Waals surface area (Å²) in [6.45, 7) is 2.35. The summed E-state index contributed by atoms with van der Waals surface area (Å²) in [4.78, 5) is 1.30. The van der Waals surface area contributed by atoms with Crippen molar-refractivity contribution in [3.63, 3.8) is 0 Å². The van der Waals surface area contributed by atoms with E-state index in [1.807, 2.05) is 74.5 Å². The zero-order valence-electron chi connectivity index (χ0n) is 21.5. The molecule has 38 heavy (non-hydrogen) atoms. The number of aromatic nitrogens is 2.